The minimum absolute atomic E-state index is 0.0222. The molecule has 2 unspecified atom stereocenters. The second-order valence-corrected chi connectivity index (χ2v) is 5.70. The van der Waals surface area contributed by atoms with Crippen molar-refractivity contribution in [3.8, 4) is 0 Å². The number of amides is 3. The molecule has 0 saturated carbocycles. The van der Waals surface area contributed by atoms with E-state index in [2.05, 4.69) is 20.6 Å². The summed E-state index contributed by atoms with van der Waals surface area (Å²) in [6.45, 7) is 2.48. The van der Waals surface area contributed by atoms with Crippen molar-refractivity contribution in [2.24, 2.45) is 0 Å². The fourth-order valence-electron chi connectivity index (χ4n) is 2.80. The number of rotatable bonds is 4. The van der Waals surface area contributed by atoms with Crippen molar-refractivity contribution in [3.05, 3.63) is 54.4 Å². The van der Waals surface area contributed by atoms with Gasteiger partial charge < -0.3 is 10.2 Å². The number of benzene rings is 1. The van der Waals surface area contributed by atoms with Crippen LogP contribution in [0.25, 0.3) is 0 Å². The van der Waals surface area contributed by atoms with Crippen LogP contribution in [0, 0.1) is 0 Å². The molecule has 1 aromatic carbocycles. The molecule has 124 valence electrons. The zero-order chi connectivity index (χ0) is 16.9. The molecule has 1 aliphatic rings. The van der Waals surface area contributed by atoms with Gasteiger partial charge >= 0.3 is 6.03 Å². The monoisotopic (exact) mass is 325 g/mol. The number of aromatic nitrogens is 2. The lowest BCUT2D eigenvalue weighted by Gasteiger charge is -2.25. The fraction of sp³-hybridized carbons (Fsp3) is 0.294. The Hall–Kier alpha value is -2.96. The summed E-state index contributed by atoms with van der Waals surface area (Å²) >= 11 is 0. The predicted molar refractivity (Wildman–Crippen MR) is 89.2 cm³/mol. The molecule has 3 rings (SSSR count). The molecule has 2 heterocycles. The fourth-order valence-corrected chi connectivity index (χ4v) is 2.80. The molecule has 0 bridgehead atoms. The highest BCUT2D eigenvalue weighted by atomic mass is 16.2. The Balaban J connectivity index is 1.57. The standard InChI is InChI=1S/C17H19N5O2/c1-12(13-6-3-2-4-7-13)22-11-14(10-15(22)23)20-17(24)21-16-18-8-5-9-19-16/h2-9,12,14H,10-11H2,1H3,(H2,18,19,20,21,24). The van der Waals surface area contributed by atoms with E-state index in [-0.39, 0.29) is 23.9 Å². The highest BCUT2D eigenvalue weighted by Crippen LogP contribution is 2.25. The molecule has 0 radical (unpaired) electrons. The maximum Gasteiger partial charge on any atom is 0.321 e. The summed E-state index contributed by atoms with van der Waals surface area (Å²) in [4.78, 5) is 33.9. The number of anilines is 1. The lowest BCUT2D eigenvalue weighted by atomic mass is 10.1. The Morgan fingerprint density at radius 2 is 1.92 bits per heavy atom. The van der Waals surface area contributed by atoms with Crippen LogP contribution in [-0.2, 0) is 4.79 Å². The predicted octanol–water partition coefficient (Wildman–Crippen LogP) is 1.96. The van der Waals surface area contributed by atoms with Gasteiger partial charge in [0.25, 0.3) is 0 Å². The van der Waals surface area contributed by atoms with Crippen LogP contribution in [0.3, 0.4) is 0 Å². The number of carbonyl (C=O) groups is 2. The second kappa shape index (κ2) is 7.08. The average Bonchev–Trinajstić information content (AvgIpc) is 2.96. The van der Waals surface area contributed by atoms with Gasteiger partial charge in [0, 0.05) is 25.4 Å². The average molecular weight is 325 g/mol. The lowest BCUT2D eigenvalue weighted by molar-refractivity contribution is -0.129. The van der Waals surface area contributed by atoms with Crippen molar-refractivity contribution in [1.82, 2.24) is 20.2 Å². The van der Waals surface area contributed by atoms with Gasteiger partial charge in [-0.1, -0.05) is 30.3 Å². The molecule has 2 aromatic rings. The Morgan fingerprint density at radius 3 is 2.62 bits per heavy atom. The van der Waals surface area contributed by atoms with E-state index in [0.717, 1.165) is 5.56 Å². The van der Waals surface area contributed by atoms with Crippen LogP contribution in [0.2, 0.25) is 0 Å². The van der Waals surface area contributed by atoms with Gasteiger partial charge in [0.05, 0.1) is 12.1 Å². The van der Waals surface area contributed by atoms with Gasteiger partial charge in [0.15, 0.2) is 0 Å². The van der Waals surface area contributed by atoms with Crippen LogP contribution in [0.1, 0.15) is 24.9 Å². The van der Waals surface area contributed by atoms with Crippen LogP contribution in [0.15, 0.2) is 48.8 Å². The molecule has 1 saturated heterocycles. The zero-order valence-electron chi connectivity index (χ0n) is 13.3. The first-order valence-electron chi connectivity index (χ1n) is 7.82. The third-order valence-electron chi connectivity index (χ3n) is 4.03. The maximum atomic E-state index is 12.3. The first-order valence-corrected chi connectivity index (χ1v) is 7.82. The van der Waals surface area contributed by atoms with Crippen LogP contribution >= 0.6 is 0 Å². The van der Waals surface area contributed by atoms with Crippen LogP contribution in [-0.4, -0.2) is 39.4 Å². The summed E-state index contributed by atoms with van der Waals surface area (Å²) in [6.07, 6.45) is 3.39. The van der Waals surface area contributed by atoms with Gasteiger partial charge in [-0.25, -0.2) is 14.8 Å². The van der Waals surface area contributed by atoms with E-state index < -0.39 is 6.03 Å². The molecule has 3 amide bonds. The third-order valence-corrected chi connectivity index (χ3v) is 4.03. The van der Waals surface area contributed by atoms with E-state index in [1.54, 1.807) is 23.4 Å². The molecule has 7 nitrogen and oxygen atoms in total. The largest absolute Gasteiger partial charge is 0.334 e. The molecule has 24 heavy (non-hydrogen) atoms. The summed E-state index contributed by atoms with van der Waals surface area (Å²) in [5, 5.41) is 5.36. The van der Waals surface area contributed by atoms with Gasteiger partial charge in [-0.2, -0.15) is 0 Å². The first kappa shape index (κ1) is 15.9. The van der Waals surface area contributed by atoms with Crippen molar-refractivity contribution >= 4 is 17.9 Å². The number of likely N-dealkylation sites (tertiary alicyclic amines) is 1. The SMILES string of the molecule is CC(c1ccccc1)N1CC(NC(=O)Nc2ncccn2)CC1=O. The van der Waals surface area contributed by atoms with Crippen molar-refractivity contribution in [3.63, 3.8) is 0 Å². The van der Waals surface area contributed by atoms with Gasteiger partial charge in [-0.3, -0.25) is 10.1 Å². The number of hydrogen-bond acceptors (Lipinski definition) is 4. The van der Waals surface area contributed by atoms with E-state index in [4.69, 9.17) is 0 Å². The molecule has 7 heteroatoms. The number of nitrogens with zero attached hydrogens (tertiary/aromatic N) is 3. The summed E-state index contributed by atoms with van der Waals surface area (Å²) in [5.74, 6) is 0.265. The van der Waals surface area contributed by atoms with E-state index in [1.165, 1.54) is 0 Å². The second-order valence-electron chi connectivity index (χ2n) is 5.70. The summed E-state index contributed by atoms with van der Waals surface area (Å²) in [6, 6.07) is 10.9. The highest BCUT2D eigenvalue weighted by Gasteiger charge is 2.33. The number of nitrogens with one attached hydrogen (secondary N) is 2. The molecule has 1 fully saturated rings. The van der Waals surface area contributed by atoms with E-state index >= 15 is 0 Å². The lowest BCUT2D eigenvalue weighted by Crippen LogP contribution is -2.40. The summed E-state index contributed by atoms with van der Waals surface area (Å²) in [7, 11) is 0. The van der Waals surface area contributed by atoms with Crippen molar-refractivity contribution in [2.45, 2.75) is 25.4 Å². The number of carbonyl (C=O) groups excluding carboxylic acids is 2. The van der Waals surface area contributed by atoms with Crippen LogP contribution < -0.4 is 10.6 Å². The summed E-state index contributed by atoms with van der Waals surface area (Å²) in [5.41, 5.74) is 1.08. The molecule has 1 aromatic heterocycles. The first-order chi connectivity index (χ1) is 11.6. The Bertz CT molecular complexity index is 707. The number of hydrogen-bond donors (Lipinski definition) is 2. The van der Waals surface area contributed by atoms with Gasteiger partial charge in [-0.05, 0) is 18.6 Å². The zero-order valence-corrected chi connectivity index (χ0v) is 13.3. The normalized spacial score (nSPS) is 18.3. The van der Waals surface area contributed by atoms with Crippen molar-refractivity contribution in [2.75, 3.05) is 11.9 Å². The Kier molecular flexibility index (Phi) is 4.69. The van der Waals surface area contributed by atoms with E-state index in [1.807, 2.05) is 37.3 Å². The topological polar surface area (TPSA) is 87.2 Å². The van der Waals surface area contributed by atoms with Crippen LogP contribution in [0.4, 0.5) is 10.7 Å². The van der Waals surface area contributed by atoms with Crippen molar-refractivity contribution in [1.29, 1.82) is 0 Å². The minimum Gasteiger partial charge on any atom is -0.334 e. The van der Waals surface area contributed by atoms with Crippen LogP contribution in [0.5, 0.6) is 0 Å². The highest BCUT2D eigenvalue weighted by molar-refractivity contribution is 5.89. The van der Waals surface area contributed by atoms with E-state index in [9.17, 15) is 9.59 Å². The molecule has 2 atom stereocenters. The number of urea groups is 1. The van der Waals surface area contributed by atoms with E-state index in [0.29, 0.717) is 13.0 Å². The van der Waals surface area contributed by atoms with Gasteiger partial charge in [0.1, 0.15) is 0 Å². The Morgan fingerprint density at radius 1 is 1.21 bits per heavy atom. The molecule has 1 aliphatic heterocycles. The van der Waals surface area contributed by atoms with Gasteiger partial charge in [0.2, 0.25) is 11.9 Å². The molecular weight excluding hydrogens is 306 g/mol. The van der Waals surface area contributed by atoms with Gasteiger partial charge in [-0.15, -0.1) is 0 Å². The quantitative estimate of drug-likeness (QED) is 0.899. The molecule has 0 spiro atoms. The smallest absolute Gasteiger partial charge is 0.321 e. The molecule has 0 aliphatic carbocycles. The minimum atomic E-state index is -0.409. The maximum absolute atomic E-state index is 12.3. The molecular formula is C17H19N5O2. The van der Waals surface area contributed by atoms with Crippen molar-refractivity contribution < 1.29 is 9.59 Å². The molecule has 2 N–H and O–H groups in total. The summed E-state index contributed by atoms with van der Waals surface area (Å²) < 4.78 is 0. The third kappa shape index (κ3) is 3.68. The Labute approximate surface area is 140 Å².